The summed E-state index contributed by atoms with van der Waals surface area (Å²) in [6.07, 6.45) is 0. The number of hydrogen-bond donors (Lipinski definition) is 0. The highest BCUT2D eigenvalue weighted by molar-refractivity contribution is 5.84. The van der Waals surface area contributed by atoms with Gasteiger partial charge in [0.2, 0.25) is 5.91 Å². The molecule has 1 aromatic heterocycles. The normalized spacial score (nSPS) is 13.7. The van der Waals surface area contributed by atoms with Crippen LogP contribution in [-0.4, -0.2) is 27.6 Å². The summed E-state index contributed by atoms with van der Waals surface area (Å²) in [5.74, 6) is -2.26. The molecule has 1 aromatic carbocycles. The number of hydrogen-bond acceptors (Lipinski definition) is 2. The molecule has 24 heavy (non-hydrogen) atoms. The summed E-state index contributed by atoms with van der Waals surface area (Å²) in [6.45, 7) is 7.44. The lowest BCUT2D eigenvalue weighted by molar-refractivity contribution is -0.133. The molecule has 0 aliphatic carbocycles. The molecule has 0 saturated heterocycles. The van der Waals surface area contributed by atoms with Gasteiger partial charge in [0.25, 0.3) is 0 Å². The van der Waals surface area contributed by atoms with Crippen LogP contribution in [0.4, 0.5) is 8.78 Å². The number of aryl methyl sites for hydroxylation is 2. The predicted molar refractivity (Wildman–Crippen MR) is 88.6 cm³/mol. The predicted octanol–water partition coefficient (Wildman–Crippen LogP) is 3.64. The number of rotatable bonds is 4. The van der Waals surface area contributed by atoms with Gasteiger partial charge < -0.3 is 4.90 Å². The molecular weight excluding hydrogens is 312 g/mol. The van der Waals surface area contributed by atoms with Crippen molar-refractivity contribution in [2.24, 2.45) is 7.05 Å². The number of carbonyl (C=O) groups is 1. The van der Waals surface area contributed by atoms with Gasteiger partial charge >= 0.3 is 0 Å². The van der Waals surface area contributed by atoms with Gasteiger partial charge in [0.1, 0.15) is 0 Å². The second kappa shape index (κ2) is 6.71. The quantitative estimate of drug-likeness (QED) is 0.855. The summed E-state index contributed by atoms with van der Waals surface area (Å²) in [6, 6.07) is 3.35. The van der Waals surface area contributed by atoms with Crippen molar-refractivity contribution in [2.75, 3.05) is 7.05 Å². The average Bonchev–Trinajstić information content (AvgIpc) is 2.79. The molecule has 2 unspecified atom stereocenters. The van der Waals surface area contributed by atoms with Crippen LogP contribution in [0.2, 0.25) is 0 Å². The fraction of sp³-hybridized carbons (Fsp3) is 0.444. The minimum atomic E-state index is -0.910. The smallest absolute Gasteiger partial charge is 0.230 e. The molecule has 130 valence electrons. The number of benzene rings is 1. The van der Waals surface area contributed by atoms with E-state index in [1.165, 1.54) is 6.07 Å². The van der Waals surface area contributed by atoms with E-state index in [0.29, 0.717) is 5.56 Å². The largest absolute Gasteiger partial charge is 0.338 e. The van der Waals surface area contributed by atoms with E-state index in [2.05, 4.69) is 5.10 Å². The van der Waals surface area contributed by atoms with Crippen LogP contribution in [0.3, 0.4) is 0 Å². The maximum Gasteiger partial charge on any atom is 0.230 e. The second-order valence-electron chi connectivity index (χ2n) is 6.23. The highest BCUT2D eigenvalue weighted by atomic mass is 19.2. The summed E-state index contributed by atoms with van der Waals surface area (Å²) >= 11 is 0. The Morgan fingerprint density at radius 1 is 1.21 bits per heavy atom. The van der Waals surface area contributed by atoms with E-state index in [9.17, 15) is 13.6 Å². The van der Waals surface area contributed by atoms with Crippen molar-refractivity contribution in [3.63, 3.8) is 0 Å². The molecule has 0 fully saturated rings. The molecule has 1 amide bonds. The van der Waals surface area contributed by atoms with Crippen LogP contribution in [0.25, 0.3) is 0 Å². The number of likely N-dealkylation sites (N-methyl/N-ethyl adjacent to an activating group) is 1. The van der Waals surface area contributed by atoms with Crippen LogP contribution in [0.5, 0.6) is 0 Å². The molecule has 2 rings (SSSR count). The summed E-state index contributed by atoms with van der Waals surface area (Å²) in [7, 11) is 3.52. The number of nitrogens with zero attached hydrogens (tertiary/aromatic N) is 3. The maximum atomic E-state index is 13.4. The third-order valence-electron chi connectivity index (χ3n) is 4.72. The Morgan fingerprint density at radius 3 is 2.33 bits per heavy atom. The third-order valence-corrected chi connectivity index (χ3v) is 4.72. The van der Waals surface area contributed by atoms with Crippen LogP contribution >= 0.6 is 0 Å². The molecule has 4 nitrogen and oxygen atoms in total. The number of halogens is 2. The highest BCUT2D eigenvalue weighted by Gasteiger charge is 2.28. The zero-order valence-corrected chi connectivity index (χ0v) is 14.9. The van der Waals surface area contributed by atoms with Crippen molar-refractivity contribution in [1.29, 1.82) is 0 Å². The molecule has 0 radical (unpaired) electrons. The van der Waals surface area contributed by atoms with Crippen molar-refractivity contribution in [1.82, 2.24) is 14.7 Å². The highest BCUT2D eigenvalue weighted by Crippen LogP contribution is 2.28. The first-order valence-corrected chi connectivity index (χ1v) is 7.86. The average molecular weight is 335 g/mol. The molecule has 0 aliphatic heterocycles. The fourth-order valence-electron chi connectivity index (χ4n) is 3.03. The Bertz CT molecular complexity index is 770. The van der Waals surface area contributed by atoms with Gasteiger partial charge in [-0.15, -0.1) is 0 Å². The molecule has 6 heteroatoms. The van der Waals surface area contributed by atoms with E-state index >= 15 is 0 Å². The minimum absolute atomic E-state index is 0.0913. The number of amides is 1. The Kier molecular flexibility index (Phi) is 5.06. The van der Waals surface area contributed by atoms with Crippen LogP contribution in [0.1, 0.15) is 48.3 Å². The van der Waals surface area contributed by atoms with Gasteiger partial charge in [0, 0.05) is 25.4 Å². The van der Waals surface area contributed by atoms with Gasteiger partial charge in [0.05, 0.1) is 17.7 Å². The molecule has 0 saturated carbocycles. The fourth-order valence-corrected chi connectivity index (χ4v) is 3.03. The maximum absolute atomic E-state index is 13.4. The van der Waals surface area contributed by atoms with Crippen LogP contribution in [-0.2, 0) is 11.8 Å². The number of carbonyl (C=O) groups excluding carboxylic acids is 1. The minimum Gasteiger partial charge on any atom is -0.338 e. The first-order valence-electron chi connectivity index (χ1n) is 7.86. The van der Waals surface area contributed by atoms with E-state index < -0.39 is 11.6 Å². The molecule has 2 aromatic rings. The lowest BCUT2D eigenvalue weighted by atomic mass is 9.96. The van der Waals surface area contributed by atoms with Crippen LogP contribution < -0.4 is 0 Å². The topological polar surface area (TPSA) is 38.1 Å². The summed E-state index contributed by atoms with van der Waals surface area (Å²) in [4.78, 5) is 14.4. The van der Waals surface area contributed by atoms with Gasteiger partial charge in [-0.05, 0) is 45.4 Å². The zero-order chi connectivity index (χ0) is 18.2. The SMILES string of the molecule is Cc1nn(C)c(C)c1C(C)C(=O)N(C)C(C)c1ccc(F)c(F)c1. The van der Waals surface area contributed by atoms with E-state index in [-0.39, 0.29) is 17.9 Å². The second-order valence-corrected chi connectivity index (χ2v) is 6.23. The first-order chi connectivity index (χ1) is 11.1. The Labute approximate surface area is 141 Å². The molecule has 0 aliphatic rings. The Balaban J connectivity index is 2.26. The zero-order valence-electron chi connectivity index (χ0n) is 14.9. The van der Waals surface area contributed by atoms with Gasteiger partial charge in [-0.1, -0.05) is 6.07 Å². The Hall–Kier alpha value is -2.24. The Morgan fingerprint density at radius 2 is 1.83 bits per heavy atom. The number of aromatic nitrogens is 2. The van der Waals surface area contributed by atoms with Crippen molar-refractivity contribution in [3.05, 3.63) is 52.3 Å². The molecule has 2 atom stereocenters. The van der Waals surface area contributed by atoms with Gasteiger partial charge in [-0.25, -0.2) is 8.78 Å². The molecule has 0 spiro atoms. The molecule has 1 heterocycles. The molecule has 0 bridgehead atoms. The van der Waals surface area contributed by atoms with Crippen LogP contribution in [0, 0.1) is 25.5 Å². The van der Waals surface area contributed by atoms with Gasteiger partial charge in [-0.3, -0.25) is 9.48 Å². The van der Waals surface area contributed by atoms with E-state index in [1.807, 2.05) is 27.8 Å². The first kappa shape index (κ1) is 18.1. The van der Waals surface area contributed by atoms with Crippen molar-refractivity contribution < 1.29 is 13.6 Å². The molecular formula is C18H23F2N3O. The summed E-state index contributed by atoms with van der Waals surface area (Å²) in [5, 5.41) is 4.35. The van der Waals surface area contributed by atoms with Crippen molar-refractivity contribution >= 4 is 5.91 Å². The van der Waals surface area contributed by atoms with E-state index in [1.54, 1.807) is 23.6 Å². The lowest BCUT2D eigenvalue weighted by Crippen LogP contribution is -2.33. The lowest BCUT2D eigenvalue weighted by Gasteiger charge is -2.28. The van der Waals surface area contributed by atoms with E-state index in [0.717, 1.165) is 29.1 Å². The summed E-state index contributed by atoms with van der Waals surface area (Å²) in [5.41, 5.74) is 3.23. The standard InChI is InChI=1S/C18H23F2N3O/c1-10(17-11(2)21-23(6)13(17)4)18(24)22(5)12(3)14-7-8-15(19)16(20)9-14/h7-10,12H,1-6H3. The monoisotopic (exact) mass is 335 g/mol. The van der Waals surface area contributed by atoms with Gasteiger partial charge in [-0.2, -0.15) is 5.10 Å². The molecule has 0 N–H and O–H groups in total. The van der Waals surface area contributed by atoms with Crippen molar-refractivity contribution in [3.8, 4) is 0 Å². The van der Waals surface area contributed by atoms with Crippen LogP contribution in [0.15, 0.2) is 18.2 Å². The summed E-state index contributed by atoms with van der Waals surface area (Å²) < 4.78 is 28.3. The van der Waals surface area contributed by atoms with E-state index in [4.69, 9.17) is 0 Å². The van der Waals surface area contributed by atoms with Crippen molar-refractivity contribution in [2.45, 2.75) is 39.7 Å². The van der Waals surface area contributed by atoms with Gasteiger partial charge in [0.15, 0.2) is 11.6 Å². The third kappa shape index (κ3) is 3.18.